The van der Waals surface area contributed by atoms with Crippen molar-refractivity contribution in [2.45, 2.75) is 66.3 Å². The Kier molecular flexibility index (Phi) is 20.7. The second-order valence-electron chi connectivity index (χ2n) is 12.7. The van der Waals surface area contributed by atoms with Crippen molar-refractivity contribution in [1.29, 1.82) is 0 Å². The summed E-state index contributed by atoms with van der Waals surface area (Å²) in [7, 11) is 10.5. The fourth-order valence-corrected chi connectivity index (χ4v) is 5.69. The first-order chi connectivity index (χ1) is 23.5. The largest absolute Gasteiger partial charge is 4.00 e. The van der Waals surface area contributed by atoms with Crippen LogP contribution in [0.3, 0.4) is 0 Å². The van der Waals surface area contributed by atoms with Gasteiger partial charge in [-0.2, -0.15) is 42.3 Å². The van der Waals surface area contributed by atoms with Gasteiger partial charge in [0.1, 0.15) is 5.69 Å². The minimum Gasteiger partial charge on any atom is -0.670 e. The number of hydrogen-bond acceptors (Lipinski definition) is 2. The van der Waals surface area contributed by atoms with E-state index in [1.165, 1.54) is 27.8 Å². The second kappa shape index (κ2) is 23.2. The van der Waals surface area contributed by atoms with E-state index in [1.807, 2.05) is 36.4 Å². The van der Waals surface area contributed by atoms with Crippen LogP contribution in [0.25, 0.3) is 43.8 Å². The molecular weight excluding hydrogens is 694 g/mol. The first-order valence-electron chi connectivity index (χ1n) is 17.0. The van der Waals surface area contributed by atoms with Crippen LogP contribution >= 0.6 is 0 Å². The van der Waals surface area contributed by atoms with Crippen molar-refractivity contribution in [3.63, 3.8) is 0 Å². The fraction of sp³-hybridized carbons (Fsp3) is 0.372. The van der Waals surface area contributed by atoms with Crippen molar-refractivity contribution < 1.29 is 30.6 Å². The normalized spacial score (nSPS) is 10.9. The SMILES string of the molecule is C[N-]C.C[N-]C.C[N-]C.Cc1cc(C)c(C([N-]c2c(C(C)C)cccc2C(C)C)c2nc(-c3ccccc3)c(-c3ccccc3)o2)c(C)c1.[Zr+4]. The molecule has 0 amide bonds. The Morgan fingerprint density at radius 3 is 1.42 bits per heavy atom. The van der Waals surface area contributed by atoms with Gasteiger partial charge in [-0.3, -0.25) is 0 Å². The van der Waals surface area contributed by atoms with Crippen molar-refractivity contribution in [1.82, 2.24) is 4.98 Å². The molecule has 4 aromatic carbocycles. The summed E-state index contributed by atoms with van der Waals surface area (Å²) in [5.41, 5.74) is 11.2. The Balaban J connectivity index is 0.00000113. The summed E-state index contributed by atoms with van der Waals surface area (Å²) in [6.07, 6.45) is 0. The van der Waals surface area contributed by atoms with Crippen LogP contribution in [0.15, 0.2) is 95.4 Å². The third kappa shape index (κ3) is 12.5. The molecule has 0 aliphatic carbocycles. The average molecular weight is 751 g/mol. The van der Waals surface area contributed by atoms with Crippen LogP contribution in [0, 0.1) is 20.8 Å². The number of aryl methyl sites for hydroxylation is 3. The quantitative estimate of drug-likeness (QED) is 0.158. The first kappa shape index (κ1) is 44.7. The van der Waals surface area contributed by atoms with Crippen LogP contribution in [0.2, 0.25) is 0 Å². The molecule has 0 saturated heterocycles. The number of nitrogens with zero attached hydrogens (tertiary/aromatic N) is 5. The smallest absolute Gasteiger partial charge is 0.670 e. The van der Waals surface area contributed by atoms with Crippen LogP contribution in [-0.2, 0) is 26.2 Å². The van der Waals surface area contributed by atoms with Crippen LogP contribution in [0.5, 0.6) is 0 Å². The van der Waals surface area contributed by atoms with E-state index in [4.69, 9.17) is 14.7 Å². The number of rotatable bonds is 8. The molecular formula is C43H57N5OZr. The van der Waals surface area contributed by atoms with E-state index in [2.05, 4.69) is 119 Å². The molecule has 0 fully saturated rings. The van der Waals surface area contributed by atoms with Gasteiger partial charge in [-0.05, 0) is 55.3 Å². The van der Waals surface area contributed by atoms with Gasteiger partial charge >= 0.3 is 26.2 Å². The summed E-state index contributed by atoms with van der Waals surface area (Å²) in [6.45, 7) is 15.4. The third-order valence-electron chi connectivity index (χ3n) is 7.57. The molecule has 0 aliphatic heterocycles. The third-order valence-corrected chi connectivity index (χ3v) is 7.57. The average Bonchev–Trinajstić information content (AvgIpc) is 3.51. The molecule has 5 rings (SSSR count). The van der Waals surface area contributed by atoms with Gasteiger partial charge in [0.15, 0.2) is 11.7 Å². The van der Waals surface area contributed by atoms with Gasteiger partial charge in [0, 0.05) is 11.1 Å². The van der Waals surface area contributed by atoms with E-state index >= 15 is 0 Å². The Morgan fingerprint density at radius 1 is 0.580 bits per heavy atom. The van der Waals surface area contributed by atoms with Crippen molar-refractivity contribution in [2.24, 2.45) is 0 Å². The van der Waals surface area contributed by atoms with Crippen LogP contribution in [-0.4, -0.2) is 47.3 Å². The Labute approximate surface area is 322 Å². The molecule has 0 N–H and O–H groups in total. The summed E-state index contributed by atoms with van der Waals surface area (Å²) in [5.74, 6) is 2.05. The van der Waals surface area contributed by atoms with Gasteiger partial charge in [-0.25, -0.2) is 4.98 Å². The summed E-state index contributed by atoms with van der Waals surface area (Å²) in [6, 6.07) is 31.2. The standard InChI is InChI=1S/C37H39N2O.3C2H6N.Zr/c1-23(2)30-19-14-20-31(24(3)4)34(30)38-35(32-26(6)21-25(5)22-27(32)7)37-39-33(28-15-10-8-11-16-28)36(40-37)29-17-12-9-13-18-29;3*1-3-2;/h8-24,35H,1-7H3;3*1-2H3;/q4*-1;+4. The van der Waals surface area contributed by atoms with Gasteiger partial charge in [0.05, 0.1) is 0 Å². The predicted octanol–water partition coefficient (Wildman–Crippen LogP) is 12.8. The first-order valence-corrected chi connectivity index (χ1v) is 17.0. The molecule has 1 atom stereocenters. The molecule has 50 heavy (non-hydrogen) atoms. The maximum atomic E-state index is 6.78. The van der Waals surface area contributed by atoms with Crippen molar-refractivity contribution in [3.05, 3.63) is 152 Å². The van der Waals surface area contributed by atoms with Crippen LogP contribution in [0.1, 0.15) is 84.8 Å². The summed E-state index contributed by atoms with van der Waals surface area (Å²) >= 11 is 0. The minimum absolute atomic E-state index is 0. The topological polar surface area (TPSA) is 82.4 Å². The van der Waals surface area contributed by atoms with E-state index in [9.17, 15) is 0 Å². The molecule has 264 valence electrons. The molecule has 7 heteroatoms. The van der Waals surface area contributed by atoms with Crippen molar-refractivity contribution >= 4 is 5.69 Å². The fourth-order valence-electron chi connectivity index (χ4n) is 5.69. The van der Waals surface area contributed by atoms with Crippen molar-refractivity contribution in [3.8, 4) is 22.6 Å². The molecule has 0 saturated carbocycles. The van der Waals surface area contributed by atoms with E-state index < -0.39 is 6.04 Å². The number of aromatic nitrogens is 1. The summed E-state index contributed by atoms with van der Waals surface area (Å²) < 4.78 is 6.78. The predicted molar refractivity (Wildman–Crippen MR) is 213 cm³/mol. The summed E-state index contributed by atoms with van der Waals surface area (Å²) in [5, 5.41) is 16.1. The molecule has 5 aromatic rings. The maximum Gasteiger partial charge on any atom is 4.00 e. The van der Waals surface area contributed by atoms with Gasteiger partial charge in [0.2, 0.25) is 0 Å². The molecule has 1 unspecified atom stereocenters. The Bertz CT molecular complexity index is 1560. The zero-order chi connectivity index (χ0) is 36.5. The van der Waals surface area contributed by atoms with Gasteiger partial charge < -0.3 is 25.7 Å². The van der Waals surface area contributed by atoms with Gasteiger partial charge in [-0.15, -0.1) is 5.69 Å². The van der Waals surface area contributed by atoms with E-state index in [0.717, 1.165) is 33.8 Å². The summed E-state index contributed by atoms with van der Waals surface area (Å²) in [4.78, 5) is 5.22. The molecule has 6 nitrogen and oxygen atoms in total. The van der Waals surface area contributed by atoms with Gasteiger partial charge in [0.25, 0.3) is 0 Å². The molecule has 0 aliphatic rings. The number of hydrogen-bond donors (Lipinski definition) is 0. The van der Waals surface area contributed by atoms with E-state index in [-0.39, 0.29) is 26.2 Å². The monoisotopic (exact) mass is 749 g/mol. The zero-order valence-corrected chi connectivity index (χ0v) is 35.0. The molecule has 1 heterocycles. The van der Waals surface area contributed by atoms with Crippen LogP contribution < -0.4 is 0 Å². The Hall–Kier alpha value is -3.35. The Morgan fingerprint density at radius 2 is 1.00 bits per heavy atom. The molecule has 1 aromatic heterocycles. The number of para-hydroxylation sites is 1. The molecule has 0 radical (unpaired) electrons. The van der Waals surface area contributed by atoms with Crippen molar-refractivity contribution in [2.75, 3.05) is 42.3 Å². The maximum absolute atomic E-state index is 6.78. The number of benzene rings is 4. The molecule has 0 bridgehead atoms. The zero-order valence-electron chi connectivity index (χ0n) is 32.5. The van der Waals surface area contributed by atoms with E-state index in [0.29, 0.717) is 17.7 Å². The molecule has 0 spiro atoms. The van der Waals surface area contributed by atoms with Gasteiger partial charge in [-0.1, -0.05) is 135 Å². The number of oxazole rings is 1. The minimum atomic E-state index is -0.391. The second-order valence-corrected chi connectivity index (χ2v) is 12.7. The van der Waals surface area contributed by atoms with E-state index in [1.54, 1.807) is 42.3 Å². The van der Waals surface area contributed by atoms with Crippen LogP contribution in [0.4, 0.5) is 5.69 Å².